The lowest BCUT2D eigenvalue weighted by Gasteiger charge is -2.10. The van der Waals surface area contributed by atoms with Gasteiger partial charge in [0.25, 0.3) is 0 Å². The molecule has 1 saturated heterocycles. The molecule has 1 fully saturated rings. The number of hydrogen-bond acceptors (Lipinski definition) is 2. The van der Waals surface area contributed by atoms with E-state index in [-0.39, 0.29) is 0 Å². The summed E-state index contributed by atoms with van der Waals surface area (Å²) in [5, 5.41) is 0. The SMILES string of the molecule is CCCCCCCCCCCCCCCCCc1ccccc1OCC1CO1. The van der Waals surface area contributed by atoms with Gasteiger partial charge in [0.15, 0.2) is 0 Å². The summed E-state index contributed by atoms with van der Waals surface area (Å²) in [4.78, 5) is 0. The standard InChI is InChI=1S/C26H44O2/c1-2-3-4-5-6-7-8-9-10-11-12-13-14-15-16-19-24-20-17-18-21-26(24)28-23-25-22-27-25/h17-18,20-21,25H,2-16,19,22-23H2,1H3. The number of rotatable bonds is 19. The van der Waals surface area contributed by atoms with E-state index < -0.39 is 0 Å². The molecule has 1 aromatic carbocycles. The summed E-state index contributed by atoms with van der Waals surface area (Å²) in [6.45, 7) is 3.86. The predicted molar refractivity (Wildman–Crippen MR) is 120 cm³/mol. The quantitative estimate of drug-likeness (QED) is 0.177. The van der Waals surface area contributed by atoms with Crippen LogP contribution in [0.3, 0.4) is 0 Å². The Hall–Kier alpha value is -1.02. The molecule has 28 heavy (non-hydrogen) atoms. The average molecular weight is 389 g/mol. The van der Waals surface area contributed by atoms with Crippen molar-refractivity contribution >= 4 is 0 Å². The van der Waals surface area contributed by atoms with Gasteiger partial charge in [0.2, 0.25) is 0 Å². The van der Waals surface area contributed by atoms with Crippen LogP contribution in [0.2, 0.25) is 0 Å². The van der Waals surface area contributed by atoms with Gasteiger partial charge in [0.05, 0.1) is 6.61 Å². The van der Waals surface area contributed by atoms with E-state index in [1.165, 1.54) is 102 Å². The number of unbranched alkanes of at least 4 members (excludes halogenated alkanes) is 14. The molecule has 0 spiro atoms. The third-order valence-corrected chi connectivity index (χ3v) is 5.85. The molecule has 0 saturated carbocycles. The molecule has 160 valence electrons. The van der Waals surface area contributed by atoms with Crippen molar-refractivity contribution in [2.24, 2.45) is 0 Å². The first-order chi connectivity index (χ1) is 13.9. The van der Waals surface area contributed by atoms with Crippen LogP contribution in [0.4, 0.5) is 0 Å². The Morgan fingerprint density at radius 1 is 0.750 bits per heavy atom. The van der Waals surface area contributed by atoms with Gasteiger partial charge in [0.1, 0.15) is 18.5 Å². The first-order valence-electron chi connectivity index (χ1n) is 12.2. The van der Waals surface area contributed by atoms with Crippen LogP contribution in [0, 0.1) is 0 Å². The molecule has 0 radical (unpaired) electrons. The maximum Gasteiger partial charge on any atom is 0.122 e. The van der Waals surface area contributed by atoms with E-state index in [4.69, 9.17) is 9.47 Å². The van der Waals surface area contributed by atoms with Gasteiger partial charge in [-0.05, 0) is 24.5 Å². The van der Waals surface area contributed by atoms with E-state index >= 15 is 0 Å². The third-order valence-electron chi connectivity index (χ3n) is 5.85. The Kier molecular flexibility index (Phi) is 13.2. The molecular formula is C26H44O2. The number of benzene rings is 1. The molecule has 1 unspecified atom stereocenters. The fourth-order valence-electron chi connectivity index (χ4n) is 3.88. The van der Waals surface area contributed by atoms with E-state index in [1.54, 1.807) is 0 Å². The molecular weight excluding hydrogens is 344 g/mol. The Balaban J connectivity index is 1.36. The number of para-hydroxylation sites is 1. The minimum Gasteiger partial charge on any atom is -0.491 e. The second kappa shape index (κ2) is 15.9. The van der Waals surface area contributed by atoms with Crippen LogP contribution in [0.25, 0.3) is 0 Å². The van der Waals surface area contributed by atoms with E-state index in [1.807, 2.05) is 0 Å². The smallest absolute Gasteiger partial charge is 0.122 e. The lowest BCUT2D eigenvalue weighted by Crippen LogP contribution is -2.05. The van der Waals surface area contributed by atoms with Gasteiger partial charge < -0.3 is 9.47 Å². The van der Waals surface area contributed by atoms with Gasteiger partial charge in [0, 0.05) is 0 Å². The molecule has 0 bridgehead atoms. The maximum absolute atomic E-state index is 5.91. The van der Waals surface area contributed by atoms with Gasteiger partial charge in [-0.1, -0.05) is 115 Å². The second-order valence-electron chi connectivity index (χ2n) is 8.57. The van der Waals surface area contributed by atoms with Crippen LogP contribution in [0.15, 0.2) is 24.3 Å². The number of hydrogen-bond donors (Lipinski definition) is 0. The fourth-order valence-corrected chi connectivity index (χ4v) is 3.88. The lowest BCUT2D eigenvalue weighted by atomic mass is 10.0. The van der Waals surface area contributed by atoms with Crippen molar-refractivity contribution in [2.45, 2.75) is 116 Å². The molecule has 0 amide bonds. The van der Waals surface area contributed by atoms with E-state index in [9.17, 15) is 0 Å². The van der Waals surface area contributed by atoms with Crippen molar-refractivity contribution in [1.29, 1.82) is 0 Å². The van der Waals surface area contributed by atoms with Crippen molar-refractivity contribution in [3.05, 3.63) is 29.8 Å². The highest BCUT2D eigenvalue weighted by Gasteiger charge is 2.23. The van der Waals surface area contributed by atoms with Gasteiger partial charge in [-0.2, -0.15) is 0 Å². The Morgan fingerprint density at radius 2 is 1.25 bits per heavy atom. The summed E-state index contributed by atoms with van der Waals surface area (Å²) in [6.07, 6.45) is 22.7. The normalized spacial score (nSPS) is 15.7. The van der Waals surface area contributed by atoms with Crippen LogP contribution in [0.1, 0.15) is 109 Å². The minimum absolute atomic E-state index is 0.332. The minimum atomic E-state index is 0.332. The van der Waals surface area contributed by atoms with Crippen molar-refractivity contribution in [3.8, 4) is 5.75 Å². The van der Waals surface area contributed by atoms with Crippen LogP contribution >= 0.6 is 0 Å². The third kappa shape index (κ3) is 11.7. The lowest BCUT2D eigenvalue weighted by molar-refractivity contribution is 0.261. The van der Waals surface area contributed by atoms with Crippen LogP contribution < -0.4 is 4.74 Å². The first-order valence-corrected chi connectivity index (χ1v) is 12.2. The highest BCUT2D eigenvalue weighted by molar-refractivity contribution is 5.33. The van der Waals surface area contributed by atoms with Gasteiger partial charge in [-0.3, -0.25) is 0 Å². The molecule has 0 aliphatic carbocycles. The van der Waals surface area contributed by atoms with E-state index in [2.05, 4.69) is 31.2 Å². The molecule has 1 aliphatic heterocycles. The van der Waals surface area contributed by atoms with Gasteiger partial charge in [-0.25, -0.2) is 0 Å². The zero-order valence-corrected chi connectivity index (χ0v) is 18.4. The Bertz CT molecular complexity index is 481. The Labute approximate surface area is 174 Å². The zero-order valence-electron chi connectivity index (χ0n) is 18.4. The second-order valence-corrected chi connectivity index (χ2v) is 8.57. The molecule has 1 atom stereocenters. The van der Waals surface area contributed by atoms with Crippen LogP contribution in [-0.4, -0.2) is 19.3 Å². The summed E-state index contributed by atoms with van der Waals surface area (Å²) in [7, 11) is 0. The summed E-state index contributed by atoms with van der Waals surface area (Å²) in [6, 6.07) is 8.51. The van der Waals surface area contributed by atoms with Crippen LogP contribution in [0.5, 0.6) is 5.75 Å². The van der Waals surface area contributed by atoms with Crippen molar-refractivity contribution in [3.63, 3.8) is 0 Å². The largest absolute Gasteiger partial charge is 0.491 e. The molecule has 2 nitrogen and oxygen atoms in total. The molecule has 0 aromatic heterocycles. The van der Waals surface area contributed by atoms with Crippen LogP contribution in [-0.2, 0) is 11.2 Å². The summed E-state index contributed by atoms with van der Waals surface area (Å²) in [5.41, 5.74) is 1.36. The number of ether oxygens (including phenoxy) is 2. The summed E-state index contributed by atoms with van der Waals surface area (Å²) < 4.78 is 11.1. The topological polar surface area (TPSA) is 21.8 Å². The first kappa shape index (κ1) is 23.3. The highest BCUT2D eigenvalue weighted by Crippen LogP contribution is 2.22. The summed E-state index contributed by atoms with van der Waals surface area (Å²) in [5.74, 6) is 1.06. The molecule has 2 heteroatoms. The van der Waals surface area contributed by atoms with E-state index in [0.717, 1.165) is 18.8 Å². The van der Waals surface area contributed by atoms with Crippen molar-refractivity contribution in [1.82, 2.24) is 0 Å². The zero-order chi connectivity index (χ0) is 19.7. The monoisotopic (exact) mass is 388 g/mol. The van der Waals surface area contributed by atoms with Crippen molar-refractivity contribution < 1.29 is 9.47 Å². The number of aryl methyl sites for hydroxylation is 1. The highest BCUT2D eigenvalue weighted by atomic mass is 16.6. The average Bonchev–Trinajstić information content (AvgIpc) is 3.54. The Morgan fingerprint density at radius 3 is 1.79 bits per heavy atom. The molecule has 2 rings (SSSR count). The summed E-state index contributed by atoms with van der Waals surface area (Å²) >= 11 is 0. The predicted octanol–water partition coefficient (Wildman–Crippen LogP) is 7.88. The molecule has 1 heterocycles. The van der Waals surface area contributed by atoms with E-state index in [0.29, 0.717) is 12.7 Å². The van der Waals surface area contributed by atoms with Crippen molar-refractivity contribution in [2.75, 3.05) is 13.2 Å². The maximum atomic E-state index is 5.91. The van der Waals surface area contributed by atoms with Gasteiger partial charge in [-0.15, -0.1) is 0 Å². The molecule has 1 aliphatic rings. The molecule has 0 N–H and O–H groups in total. The fraction of sp³-hybridized carbons (Fsp3) is 0.769. The number of epoxide rings is 1. The van der Waals surface area contributed by atoms with Gasteiger partial charge >= 0.3 is 0 Å². The molecule has 1 aromatic rings.